The Morgan fingerprint density at radius 1 is 0.742 bits per heavy atom. The molecular weight excluding hydrogens is 427 g/mol. The maximum atomic E-state index is 12.8. The van der Waals surface area contributed by atoms with Crippen molar-refractivity contribution in [2.45, 2.75) is 5.51 Å². The van der Waals surface area contributed by atoms with Crippen molar-refractivity contribution in [3.8, 4) is 11.4 Å². The van der Waals surface area contributed by atoms with Gasteiger partial charge in [0, 0.05) is 16.5 Å². The number of benzene rings is 4. The van der Waals surface area contributed by atoms with Gasteiger partial charge in [-0.25, -0.2) is 0 Å². The van der Waals surface area contributed by atoms with Crippen molar-refractivity contribution >= 4 is 42.7 Å². The van der Waals surface area contributed by atoms with Gasteiger partial charge in [0.15, 0.2) is 0 Å². The zero-order valence-corrected chi connectivity index (χ0v) is 16.6. The SMILES string of the molecule is O=S(=O)(Oc1ccc2c(c1)c1c3ccccc3ccc1n2-c1ccccc1)C(F)(F)F. The van der Waals surface area contributed by atoms with Gasteiger partial charge in [0.1, 0.15) is 5.75 Å². The van der Waals surface area contributed by atoms with Crippen LogP contribution in [0, 0.1) is 0 Å². The number of fused-ring (bicyclic) bond motifs is 5. The van der Waals surface area contributed by atoms with Crippen molar-refractivity contribution in [3.63, 3.8) is 0 Å². The van der Waals surface area contributed by atoms with Gasteiger partial charge < -0.3 is 8.75 Å². The summed E-state index contributed by atoms with van der Waals surface area (Å²) in [5.41, 5.74) is -3.08. The Kier molecular flexibility index (Phi) is 4.23. The number of hydrogen-bond acceptors (Lipinski definition) is 3. The van der Waals surface area contributed by atoms with E-state index in [9.17, 15) is 21.6 Å². The third-order valence-electron chi connectivity index (χ3n) is 5.13. The lowest BCUT2D eigenvalue weighted by Gasteiger charge is -2.10. The normalized spacial score (nSPS) is 12.6. The second kappa shape index (κ2) is 6.75. The van der Waals surface area contributed by atoms with Gasteiger partial charge in [-0.2, -0.15) is 21.6 Å². The average Bonchev–Trinajstić information content (AvgIpc) is 3.07. The molecule has 156 valence electrons. The minimum atomic E-state index is -5.77. The lowest BCUT2D eigenvalue weighted by atomic mass is 10.0. The second-order valence-electron chi connectivity index (χ2n) is 7.01. The monoisotopic (exact) mass is 441 g/mol. The first kappa shape index (κ1) is 19.4. The van der Waals surface area contributed by atoms with E-state index in [1.807, 2.05) is 71.3 Å². The summed E-state index contributed by atoms with van der Waals surface area (Å²) in [5.74, 6) is -0.398. The summed E-state index contributed by atoms with van der Waals surface area (Å²) >= 11 is 0. The van der Waals surface area contributed by atoms with Crippen molar-refractivity contribution in [2.75, 3.05) is 0 Å². The highest BCUT2D eigenvalue weighted by Gasteiger charge is 2.48. The molecule has 0 aliphatic rings. The first-order valence-corrected chi connectivity index (χ1v) is 10.7. The Morgan fingerprint density at radius 3 is 2.16 bits per heavy atom. The van der Waals surface area contributed by atoms with E-state index < -0.39 is 21.4 Å². The van der Waals surface area contributed by atoms with Gasteiger partial charge in [-0.1, -0.05) is 48.5 Å². The Hall–Kier alpha value is -3.52. The lowest BCUT2D eigenvalue weighted by Crippen LogP contribution is -2.28. The van der Waals surface area contributed by atoms with Gasteiger partial charge in [0.25, 0.3) is 0 Å². The highest BCUT2D eigenvalue weighted by atomic mass is 32.2. The Balaban J connectivity index is 1.86. The Morgan fingerprint density at radius 2 is 1.42 bits per heavy atom. The molecule has 5 aromatic rings. The molecule has 0 atom stereocenters. The minimum absolute atomic E-state index is 0.398. The standard InChI is InChI=1S/C23H14F3NO3S/c24-23(25,26)31(28,29)30-17-11-13-20-19(14-17)22-18-9-5-4-6-15(18)10-12-21(22)27(20)16-7-2-1-3-8-16/h1-14H. The van der Waals surface area contributed by atoms with Crippen LogP contribution in [0.15, 0.2) is 84.9 Å². The molecule has 0 N–H and O–H groups in total. The van der Waals surface area contributed by atoms with Crippen LogP contribution in [0.4, 0.5) is 13.2 Å². The summed E-state index contributed by atoms with van der Waals surface area (Å²) in [5, 5.41) is 3.24. The van der Waals surface area contributed by atoms with Crippen molar-refractivity contribution in [1.29, 1.82) is 0 Å². The van der Waals surface area contributed by atoms with Gasteiger partial charge in [0.05, 0.1) is 11.0 Å². The molecule has 0 fully saturated rings. The van der Waals surface area contributed by atoms with Crippen LogP contribution in [0.2, 0.25) is 0 Å². The smallest absolute Gasteiger partial charge is 0.376 e. The Bertz CT molecular complexity index is 1560. The van der Waals surface area contributed by atoms with E-state index in [0.717, 1.165) is 27.4 Å². The molecule has 0 saturated heterocycles. The molecule has 0 saturated carbocycles. The number of aromatic nitrogens is 1. The highest BCUT2D eigenvalue weighted by molar-refractivity contribution is 7.88. The van der Waals surface area contributed by atoms with E-state index in [0.29, 0.717) is 10.9 Å². The van der Waals surface area contributed by atoms with Crippen LogP contribution in [0.3, 0.4) is 0 Å². The molecule has 4 aromatic carbocycles. The molecule has 0 unspecified atom stereocenters. The summed E-state index contributed by atoms with van der Waals surface area (Å²) < 4.78 is 67.8. The number of hydrogen-bond donors (Lipinski definition) is 0. The topological polar surface area (TPSA) is 48.3 Å². The third-order valence-corrected chi connectivity index (χ3v) is 6.11. The van der Waals surface area contributed by atoms with Gasteiger partial charge in [-0.15, -0.1) is 0 Å². The quantitative estimate of drug-likeness (QED) is 0.249. The fraction of sp³-hybridized carbons (Fsp3) is 0.0435. The zero-order valence-electron chi connectivity index (χ0n) is 15.8. The molecule has 1 aromatic heterocycles. The van der Waals surface area contributed by atoms with Crippen molar-refractivity contribution in [1.82, 2.24) is 4.57 Å². The van der Waals surface area contributed by atoms with Crippen molar-refractivity contribution < 1.29 is 25.8 Å². The summed E-state index contributed by atoms with van der Waals surface area (Å²) in [6.45, 7) is 0. The maximum Gasteiger partial charge on any atom is 0.534 e. The second-order valence-corrected chi connectivity index (χ2v) is 8.55. The summed E-state index contributed by atoms with van der Waals surface area (Å²) in [6.07, 6.45) is 0. The molecule has 8 heteroatoms. The minimum Gasteiger partial charge on any atom is -0.376 e. The van der Waals surface area contributed by atoms with Crippen LogP contribution in [0.25, 0.3) is 38.3 Å². The van der Waals surface area contributed by atoms with Crippen LogP contribution in [0.5, 0.6) is 5.75 Å². The molecular formula is C23H14F3NO3S. The number of rotatable bonds is 3. The summed E-state index contributed by atoms with van der Waals surface area (Å²) in [4.78, 5) is 0. The first-order chi connectivity index (χ1) is 14.8. The molecule has 1 heterocycles. The summed E-state index contributed by atoms with van der Waals surface area (Å²) in [6, 6.07) is 25.2. The zero-order chi connectivity index (χ0) is 21.8. The number of nitrogens with zero attached hydrogens (tertiary/aromatic N) is 1. The third kappa shape index (κ3) is 3.11. The lowest BCUT2D eigenvalue weighted by molar-refractivity contribution is -0.0500. The van der Waals surface area contributed by atoms with E-state index in [2.05, 4.69) is 4.18 Å². The van der Waals surface area contributed by atoms with E-state index in [4.69, 9.17) is 0 Å². The van der Waals surface area contributed by atoms with Crippen LogP contribution in [-0.4, -0.2) is 18.5 Å². The predicted molar refractivity (Wildman–Crippen MR) is 114 cm³/mol. The van der Waals surface area contributed by atoms with Crippen molar-refractivity contribution in [3.05, 3.63) is 84.9 Å². The molecule has 0 aliphatic heterocycles. The van der Waals surface area contributed by atoms with Crippen LogP contribution >= 0.6 is 0 Å². The highest BCUT2D eigenvalue weighted by Crippen LogP contribution is 2.39. The van der Waals surface area contributed by atoms with Crippen LogP contribution in [-0.2, 0) is 10.1 Å². The fourth-order valence-electron chi connectivity index (χ4n) is 3.85. The summed E-state index contributed by atoms with van der Waals surface area (Å²) in [7, 11) is -5.77. The average molecular weight is 441 g/mol. The number of para-hydroxylation sites is 1. The van der Waals surface area contributed by atoms with Crippen LogP contribution in [0.1, 0.15) is 0 Å². The van der Waals surface area contributed by atoms with E-state index >= 15 is 0 Å². The van der Waals surface area contributed by atoms with E-state index in [1.165, 1.54) is 12.1 Å². The predicted octanol–water partition coefficient (Wildman–Crippen LogP) is 6.17. The van der Waals surface area contributed by atoms with Gasteiger partial charge >= 0.3 is 15.6 Å². The number of halogens is 3. The molecule has 5 rings (SSSR count). The molecule has 0 spiro atoms. The molecule has 4 nitrogen and oxygen atoms in total. The first-order valence-electron chi connectivity index (χ1n) is 9.28. The molecule has 0 bridgehead atoms. The van der Waals surface area contributed by atoms with Gasteiger partial charge in [-0.05, 0) is 47.2 Å². The largest absolute Gasteiger partial charge is 0.534 e. The van der Waals surface area contributed by atoms with Gasteiger partial charge in [-0.3, -0.25) is 0 Å². The molecule has 31 heavy (non-hydrogen) atoms. The number of alkyl halides is 3. The maximum absolute atomic E-state index is 12.8. The van der Waals surface area contributed by atoms with Crippen LogP contribution < -0.4 is 4.18 Å². The molecule has 0 amide bonds. The van der Waals surface area contributed by atoms with E-state index in [1.54, 1.807) is 6.07 Å². The van der Waals surface area contributed by atoms with E-state index in [-0.39, 0.29) is 0 Å². The Labute approximate surface area is 175 Å². The van der Waals surface area contributed by atoms with Crippen molar-refractivity contribution in [2.24, 2.45) is 0 Å². The molecule has 0 radical (unpaired) electrons. The molecule has 0 aliphatic carbocycles. The van der Waals surface area contributed by atoms with Gasteiger partial charge in [0.2, 0.25) is 0 Å². The fourth-order valence-corrected chi connectivity index (χ4v) is 4.30.